The number of carbonyl (C=O) groups excluding carboxylic acids is 1. The maximum Gasteiger partial charge on any atom is 0.262 e. The van der Waals surface area contributed by atoms with Crippen LogP contribution in [0, 0.1) is 0 Å². The highest BCUT2D eigenvalue weighted by atomic mass is 32.1. The maximum absolute atomic E-state index is 12.1. The molecule has 1 aromatic carbocycles. The van der Waals surface area contributed by atoms with Crippen LogP contribution in [0.15, 0.2) is 18.2 Å². The highest BCUT2D eigenvalue weighted by Crippen LogP contribution is 2.35. The molecule has 1 aliphatic carbocycles. The van der Waals surface area contributed by atoms with Gasteiger partial charge in [0.15, 0.2) is 5.11 Å². The van der Waals surface area contributed by atoms with Crippen LogP contribution in [0.3, 0.4) is 0 Å². The maximum atomic E-state index is 12.1. The van der Waals surface area contributed by atoms with Crippen LogP contribution >= 0.6 is 12.2 Å². The van der Waals surface area contributed by atoms with Crippen molar-refractivity contribution >= 4 is 29.3 Å². The standard InChI is InChI=1S/C20H27N3O3S/c1-3-25-17-12-15-10-13(2)26-18(15)11-14(17)8-9-19(24)22-23-20(27)21-16-6-4-5-7-16/h8-9,11-13,16H,3-7,10H2,1-2H3,(H,22,24)(H2,21,23,27)/b9-8+/t13-/m0/s1. The third kappa shape index (κ3) is 5.35. The Morgan fingerprint density at radius 3 is 2.85 bits per heavy atom. The van der Waals surface area contributed by atoms with E-state index in [1.54, 1.807) is 6.08 Å². The summed E-state index contributed by atoms with van der Waals surface area (Å²) in [6.07, 6.45) is 8.89. The van der Waals surface area contributed by atoms with Gasteiger partial charge >= 0.3 is 0 Å². The topological polar surface area (TPSA) is 71.6 Å². The Bertz CT molecular complexity index is 729. The quantitative estimate of drug-likeness (QED) is 0.409. The lowest BCUT2D eigenvalue weighted by atomic mass is 10.1. The van der Waals surface area contributed by atoms with Gasteiger partial charge in [0.2, 0.25) is 0 Å². The van der Waals surface area contributed by atoms with Crippen molar-refractivity contribution in [3.8, 4) is 11.5 Å². The van der Waals surface area contributed by atoms with Crippen molar-refractivity contribution in [1.82, 2.24) is 16.2 Å². The number of ether oxygens (including phenoxy) is 2. The Labute approximate surface area is 165 Å². The highest BCUT2D eigenvalue weighted by Gasteiger charge is 2.21. The third-order valence-corrected chi connectivity index (χ3v) is 4.95. The number of carbonyl (C=O) groups is 1. The fourth-order valence-corrected chi connectivity index (χ4v) is 3.70. The second-order valence-corrected chi connectivity index (χ2v) is 7.37. The van der Waals surface area contributed by atoms with Gasteiger partial charge in [-0.25, -0.2) is 0 Å². The number of hydrogen-bond acceptors (Lipinski definition) is 4. The highest BCUT2D eigenvalue weighted by molar-refractivity contribution is 7.80. The summed E-state index contributed by atoms with van der Waals surface area (Å²) >= 11 is 5.21. The van der Waals surface area contributed by atoms with Gasteiger partial charge in [-0.05, 0) is 57.1 Å². The molecule has 27 heavy (non-hydrogen) atoms. The summed E-state index contributed by atoms with van der Waals surface area (Å²) in [6.45, 7) is 4.54. The van der Waals surface area contributed by atoms with Crippen LogP contribution in [0.1, 0.15) is 50.7 Å². The molecule has 3 rings (SSSR count). The van der Waals surface area contributed by atoms with Crippen molar-refractivity contribution in [3.63, 3.8) is 0 Å². The van der Waals surface area contributed by atoms with Crippen molar-refractivity contribution in [2.75, 3.05) is 6.61 Å². The number of rotatable bonds is 5. The van der Waals surface area contributed by atoms with Crippen molar-refractivity contribution in [3.05, 3.63) is 29.3 Å². The van der Waals surface area contributed by atoms with Crippen molar-refractivity contribution in [2.45, 2.75) is 58.1 Å². The van der Waals surface area contributed by atoms with E-state index in [1.807, 2.05) is 26.0 Å². The molecule has 0 unspecified atom stereocenters. The zero-order valence-electron chi connectivity index (χ0n) is 15.8. The molecule has 0 spiro atoms. The molecule has 7 heteroatoms. The van der Waals surface area contributed by atoms with Gasteiger partial charge in [-0.2, -0.15) is 0 Å². The Kier molecular flexibility index (Phi) is 6.55. The summed E-state index contributed by atoms with van der Waals surface area (Å²) in [5.74, 6) is 1.32. The van der Waals surface area contributed by atoms with Crippen molar-refractivity contribution < 1.29 is 14.3 Å². The largest absolute Gasteiger partial charge is 0.493 e. The molecule has 0 aromatic heterocycles. The molecule has 146 valence electrons. The van der Waals surface area contributed by atoms with E-state index in [0.717, 1.165) is 41.9 Å². The minimum atomic E-state index is -0.289. The van der Waals surface area contributed by atoms with Gasteiger partial charge < -0.3 is 14.8 Å². The van der Waals surface area contributed by atoms with E-state index in [4.69, 9.17) is 21.7 Å². The second-order valence-electron chi connectivity index (χ2n) is 6.97. The lowest BCUT2D eigenvalue weighted by molar-refractivity contribution is -0.116. The molecule has 0 bridgehead atoms. The fraction of sp³-hybridized carbons (Fsp3) is 0.500. The van der Waals surface area contributed by atoms with Gasteiger partial charge in [0.1, 0.15) is 17.6 Å². The fourth-order valence-electron chi connectivity index (χ4n) is 3.48. The number of amides is 1. The van der Waals surface area contributed by atoms with Gasteiger partial charge in [-0.1, -0.05) is 12.8 Å². The number of hydrogen-bond donors (Lipinski definition) is 3. The van der Waals surface area contributed by atoms with Crippen LogP contribution in [0.5, 0.6) is 11.5 Å². The number of benzene rings is 1. The molecule has 0 radical (unpaired) electrons. The third-order valence-electron chi connectivity index (χ3n) is 4.73. The van der Waals surface area contributed by atoms with E-state index in [2.05, 4.69) is 16.2 Å². The Balaban J connectivity index is 1.57. The summed E-state index contributed by atoms with van der Waals surface area (Å²) < 4.78 is 11.5. The molecule has 1 fully saturated rings. The molecule has 1 aliphatic heterocycles. The Hall–Kier alpha value is -2.28. The van der Waals surface area contributed by atoms with Crippen LogP contribution in [0.25, 0.3) is 6.08 Å². The van der Waals surface area contributed by atoms with Gasteiger partial charge in [0.05, 0.1) is 6.61 Å². The predicted octanol–water partition coefficient (Wildman–Crippen LogP) is 2.86. The van der Waals surface area contributed by atoms with Crippen LogP contribution in [-0.4, -0.2) is 29.8 Å². The van der Waals surface area contributed by atoms with E-state index in [0.29, 0.717) is 17.8 Å². The summed E-state index contributed by atoms with van der Waals surface area (Å²) in [4.78, 5) is 12.1. The number of hydrazine groups is 1. The zero-order valence-corrected chi connectivity index (χ0v) is 16.7. The van der Waals surface area contributed by atoms with E-state index in [-0.39, 0.29) is 12.0 Å². The van der Waals surface area contributed by atoms with Gasteiger partial charge in [-0.15, -0.1) is 0 Å². The summed E-state index contributed by atoms with van der Waals surface area (Å²) in [5.41, 5.74) is 7.28. The van der Waals surface area contributed by atoms with Gasteiger partial charge in [0, 0.05) is 29.7 Å². The smallest absolute Gasteiger partial charge is 0.262 e. The molecule has 1 heterocycles. The number of thiocarbonyl (C=S) groups is 1. The SMILES string of the molecule is CCOc1cc2c(cc1/C=C/C(=O)NNC(=S)NC1CCCC1)O[C@@H](C)C2. The molecule has 0 saturated heterocycles. The Morgan fingerprint density at radius 1 is 1.33 bits per heavy atom. The normalized spacial score (nSPS) is 18.8. The second kappa shape index (κ2) is 9.08. The number of nitrogens with one attached hydrogen (secondary N) is 3. The minimum absolute atomic E-state index is 0.162. The van der Waals surface area contributed by atoms with E-state index < -0.39 is 0 Å². The molecule has 3 N–H and O–H groups in total. The first-order valence-electron chi connectivity index (χ1n) is 9.56. The lowest BCUT2D eigenvalue weighted by Crippen LogP contribution is -2.48. The molecule has 1 aromatic rings. The van der Waals surface area contributed by atoms with E-state index in [1.165, 1.54) is 18.9 Å². The Morgan fingerprint density at radius 2 is 2.11 bits per heavy atom. The molecule has 1 amide bonds. The first-order chi connectivity index (χ1) is 13.0. The van der Waals surface area contributed by atoms with E-state index in [9.17, 15) is 4.79 Å². The van der Waals surface area contributed by atoms with Crippen LogP contribution < -0.4 is 25.6 Å². The molecule has 1 saturated carbocycles. The number of fused-ring (bicyclic) bond motifs is 1. The minimum Gasteiger partial charge on any atom is -0.493 e. The molecular weight excluding hydrogens is 362 g/mol. The zero-order chi connectivity index (χ0) is 19.2. The van der Waals surface area contributed by atoms with Crippen molar-refractivity contribution in [2.24, 2.45) is 0 Å². The summed E-state index contributed by atoms with van der Waals surface area (Å²) in [6, 6.07) is 4.33. The average molecular weight is 390 g/mol. The van der Waals surface area contributed by atoms with Gasteiger partial charge in [0.25, 0.3) is 5.91 Å². The summed E-state index contributed by atoms with van der Waals surface area (Å²) in [7, 11) is 0. The van der Waals surface area contributed by atoms with Gasteiger partial charge in [-0.3, -0.25) is 15.6 Å². The lowest BCUT2D eigenvalue weighted by Gasteiger charge is -2.15. The van der Waals surface area contributed by atoms with Crippen LogP contribution in [-0.2, 0) is 11.2 Å². The molecule has 2 aliphatic rings. The van der Waals surface area contributed by atoms with Crippen LogP contribution in [0.4, 0.5) is 0 Å². The van der Waals surface area contributed by atoms with Crippen LogP contribution in [0.2, 0.25) is 0 Å². The average Bonchev–Trinajstić information content (AvgIpc) is 3.26. The summed E-state index contributed by atoms with van der Waals surface area (Å²) in [5, 5.41) is 3.65. The molecule has 1 atom stereocenters. The predicted molar refractivity (Wildman–Crippen MR) is 110 cm³/mol. The molecule has 6 nitrogen and oxygen atoms in total. The molecular formula is C20H27N3O3S. The van der Waals surface area contributed by atoms with E-state index >= 15 is 0 Å². The first kappa shape index (κ1) is 19.5. The van der Waals surface area contributed by atoms with Crippen molar-refractivity contribution in [1.29, 1.82) is 0 Å². The monoisotopic (exact) mass is 389 g/mol. The first-order valence-corrected chi connectivity index (χ1v) is 9.97.